The van der Waals surface area contributed by atoms with E-state index in [2.05, 4.69) is 38.9 Å². The summed E-state index contributed by atoms with van der Waals surface area (Å²) in [6.07, 6.45) is 3.67. The van der Waals surface area contributed by atoms with Crippen LogP contribution in [0.2, 0.25) is 0 Å². The van der Waals surface area contributed by atoms with E-state index in [4.69, 9.17) is 9.47 Å². The molecule has 0 aliphatic carbocycles. The molecule has 3 aliphatic rings. The average molecular weight is 524 g/mol. The second-order valence-corrected chi connectivity index (χ2v) is 8.26. The molecule has 3 heterocycles. The van der Waals surface area contributed by atoms with Crippen molar-refractivity contribution < 1.29 is 9.47 Å². The third-order valence-electron chi connectivity index (χ3n) is 6.81. The lowest BCUT2D eigenvalue weighted by Gasteiger charge is -2.39. The van der Waals surface area contributed by atoms with Crippen LogP contribution in [0.4, 0.5) is 0 Å². The van der Waals surface area contributed by atoms with Gasteiger partial charge in [0.1, 0.15) is 0 Å². The first-order valence-corrected chi connectivity index (χ1v) is 11.4. The van der Waals surface area contributed by atoms with Crippen molar-refractivity contribution in [2.75, 3.05) is 79.3 Å². The van der Waals surface area contributed by atoms with E-state index in [9.17, 15) is 0 Å². The summed E-state index contributed by atoms with van der Waals surface area (Å²) in [4.78, 5) is 12.3. The zero-order chi connectivity index (χ0) is 19.8. The largest absolute Gasteiger partial charge is 0.379 e. The first kappa shape index (κ1) is 25.1. The summed E-state index contributed by atoms with van der Waals surface area (Å²) in [5, 5.41) is 3.73. The van der Waals surface area contributed by atoms with E-state index in [1.807, 2.05) is 7.05 Å². The predicted octanol–water partition coefficient (Wildman–Crippen LogP) is 1.72. The Hall–Kier alpha value is -0.160. The van der Waals surface area contributed by atoms with Crippen molar-refractivity contribution in [3.05, 3.63) is 0 Å². The summed E-state index contributed by atoms with van der Waals surface area (Å²) in [6, 6.07) is 1.19. The van der Waals surface area contributed by atoms with Gasteiger partial charge in [-0.05, 0) is 12.3 Å². The Morgan fingerprint density at radius 2 is 1.62 bits per heavy atom. The van der Waals surface area contributed by atoms with Gasteiger partial charge in [0.25, 0.3) is 0 Å². The molecular formula is C21H42IN5O2. The fraction of sp³-hybridized carbons (Fsp3) is 0.952. The fourth-order valence-electron chi connectivity index (χ4n) is 5.04. The molecule has 3 saturated heterocycles. The first-order valence-electron chi connectivity index (χ1n) is 11.4. The molecule has 3 fully saturated rings. The van der Waals surface area contributed by atoms with Gasteiger partial charge in [0.2, 0.25) is 0 Å². The highest BCUT2D eigenvalue weighted by Crippen LogP contribution is 2.21. The summed E-state index contributed by atoms with van der Waals surface area (Å²) in [7, 11) is 1.92. The van der Waals surface area contributed by atoms with Gasteiger partial charge in [-0.15, -0.1) is 24.0 Å². The predicted molar refractivity (Wildman–Crippen MR) is 129 cm³/mol. The van der Waals surface area contributed by atoms with Gasteiger partial charge in [-0.1, -0.05) is 26.7 Å². The van der Waals surface area contributed by atoms with E-state index in [1.165, 1.54) is 19.3 Å². The molecule has 0 bridgehead atoms. The van der Waals surface area contributed by atoms with Gasteiger partial charge in [0.05, 0.1) is 26.4 Å². The van der Waals surface area contributed by atoms with Gasteiger partial charge < -0.3 is 19.7 Å². The highest BCUT2D eigenvalue weighted by atomic mass is 127. The Morgan fingerprint density at radius 3 is 2.21 bits per heavy atom. The van der Waals surface area contributed by atoms with Crippen molar-refractivity contribution in [1.29, 1.82) is 0 Å². The summed E-state index contributed by atoms with van der Waals surface area (Å²) in [5.74, 6) is 1.78. The van der Waals surface area contributed by atoms with Crippen LogP contribution in [0.1, 0.15) is 33.1 Å². The molecule has 0 aromatic heterocycles. The number of hydrogen-bond donors (Lipinski definition) is 1. The van der Waals surface area contributed by atoms with Crippen LogP contribution in [-0.2, 0) is 9.47 Å². The second kappa shape index (κ2) is 13.3. The molecule has 2 unspecified atom stereocenters. The van der Waals surface area contributed by atoms with Crippen LogP contribution in [0, 0.1) is 5.92 Å². The van der Waals surface area contributed by atoms with E-state index in [0.29, 0.717) is 18.0 Å². The molecule has 3 aliphatic heterocycles. The maximum absolute atomic E-state index is 5.59. The number of nitrogens with zero attached hydrogens (tertiary/aromatic N) is 4. The van der Waals surface area contributed by atoms with E-state index in [-0.39, 0.29) is 24.0 Å². The number of aliphatic imine (C=N–C) groups is 1. The molecule has 0 radical (unpaired) electrons. The molecule has 2 atom stereocenters. The van der Waals surface area contributed by atoms with Crippen molar-refractivity contribution in [3.63, 3.8) is 0 Å². The SMILES string of the molecule is CCC(CC)C(CNC(=NC)N1CCC(N2CCOCC2)C1)N1CCOCC1.I. The number of rotatable bonds is 7. The monoisotopic (exact) mass is 523 g/mol. The van der Waals surface area contributed by atoms with Crippen LogP contribution in [0.15, 0.2) is 4.99 Å². The summed E-state index contributed by atoms with van der Waals surface area (Å²) < 4.78 is 11.1. The Morgan fingerprint density at radius 1 is 1.00 bits per heavy atom. The lowest BCUT2D eigenvalue weighted by Crippen LogP contribution is -2.54. The minimum absolute atomic E-state index is 0. The summed E-state index contributed by atoms with van der Waals surface area (Å²) in [6.45, 7) is 15.5. The smallest absolute Gasteiger partial charge is 0.193 e. The molecule has 0 aromatic rings. The van der Waals surface area contributed by atoms with Crippen LogP contribution in [0.5, 0.6) is 0 Å². The molecule has 8 heteroatoms. The van der Waals surface area contributed by atoms with Gasteiger partial charge in [0, 0.05) is 64.9 Å². The molecule has 0 amide bonds. The minimum Gasteiger partial charge on any atom is -0.379 e. The molecule has 170 valence electrons. The van der Waals surface area contributed by atoms with Crippen LogP contribution in [0.3, 0.4) is 0 Å². The van der Waals surface area contributed by atoms with Crippen molar-refractivity contribution in [1.82, 2.24) is 20.0 Å². The molecule has 29 heavy (non-hydrogen) atoms. The van der Waals surface area contributed by atoms with Crippen LogP contribution in [0.25, 0.3) is 0 Å². The molecule has 0 spiro atoms. The number of halogens is 1. The third kappa shape index (κ3) is 6.92. The fourth-order valence-corrected chi connectivity index (χ4v) is 5.04. The average Bonchev–Trinajstić information content (AvgIpc) is 3.25. The number of hydrogen-bond acceptors (Lipinski definition) is 5. The number of nitrogens with one attached hydrogen (secondary N) is 1. The van der Waals surface area contributed by atoms with E-state index in [1.54, 1.807) is 0 Å². The lowest BCUT2D eigenvalue weighted by atomic mass is 9.92. The number of ether oxygens (including phenoxy) is 2. The zero-order valence-corrected chi connectivity index (χ0v) is 21.0. The van der Waals surface area contributed by atoms with E-state index in [0.717, 1.165) is 78.2 Å². The van der Waals surface area contributed by atoms with Gasteiger partial charge in [-0.3, -0.25) is 14.8 Å². The zero-order valence-electron chi connectivity index (χ0n) is 18.6. The minimum atomic E-state index is 0. The number of likely N-dealkylation sites (tertiary alicyclic amines) is 1. The first-order chi connectivity index (χ1) is 13.8. The highest BCUT2D eigenvalue weighted by Gasteiger charge is 2.31. The maximum atomic E-state index is 5.59. The highest BCUT2D eigenvalue weighted by molar-refractivity contribution is 14.0. The van der Waals surface area contributed by atoms with Crippen LogP contribution in [-0.4, -0.2) is 112 Å². The van der Waals surface area contributed by atoms with Crippen molar-refractivity contribution >= 4 is 29.9 Å². The van der Waals surface area contributed by atoms with Crippen molar-refractivity contribution in [3.8, 4) is 0 Å². The topological polar surface area (TPSA) is 52.6 Å². The van der Waals surface area contributed by atoms with Gasteiger partial charge in [-0.25, -0.2) is 0 Å². The molecule has 0 saturated carbocycles. The molecule has 1 N–H and O–H groups in total. The summed E-state index contributed by atoms with van der Waals surface area (Å²) in [5.41, 5.74) is 0. The molecule has 3 rings (SSSR count). The number of guanidine groups is 1. The van der Waals surface area contributed by atoms with Crippen molar-refractivity contribution in [2.45, 2.75) is 45.2 Å². The summed E-state index contributed by atoms with van der Waals surface area (Å²) >= 11 is 0. The Balaban J connectivity index is 0.00000300. The quantitative estimate of drug-likeness (QED) is 0.312. The molecule has 7 nitrogen and oxygen atoms in total. The molecule has 0 aromatic carbocycles. The lowest BCUT2D eigenvalue weighted by molar-refractivity contribution is 0.00258. The normalized spacial score (nSPS) is 25.9. The Bertz CT molecular complexity index is 480. The van der Waals surface area contributed by atoms with Gasteiger partial charge in [0.15, 0.2) is 5.96 Å². The standard InChI is InChI=1S/C21H41N5O2.HI/c1-4-18(5-2)20(25-10-14-28-15-11-25)16-23-21(22-3)26-7-6-19(17-26)24-8-12-27-13-9-24;/h18-20H,4-17H2,1-3H3,(H,22,23);1H. The van der Waals surface area contributed by atoms with E-state index < -0.39 is 0 Å². The van der Waals surface area contributed by atoms with Crippen molar-refractivity contribution in [2.24, 2.45) is 10.9 Å². The van der Waals surface area contributed by atoms with Gasteiger partial charge >= 0.3 is 0 Å². The van der Waals surface area contributed by atoms with Gasteiger partial charge in [-0.2, -0.15) is 0 Å². The number of morpholine rings is 2. The van der Waals surface area contributed by atoms with E-state index >= 15 is 0 Å². The third-order valence-corrected chi connectivity index (χ3v) is 6.81. The maximum Gasteiger partial charge on any atom is 0.193 e. The Labute approximate surface area is 194 Å². The van der Waals surface area contributed by atoms with Crippen LogP contribution >= 0.6 is 24.0 Å². The molecular weight excluding hydrogens is 481 g/mol. The Kier molecular flexibility index (Phi) is 11.5. The second-order valence-electron chi connectivity index (χ2n) is 8.26. The van der Waals surface area contributed by atoms with Crippen LogP contribution < -0.4 is 5.32 Å².